The Balaban J connectivity index is 2.12. The fourth-order valence-corrected chi connectivity index (χ4v) is 3.17. The van der Waals surface area contributed by atoms with Gasteiger partial charge in [-0.2, -0.15) is 0 Å². The number of methoxy groups -OCH3 is 1. The predicted octanol–water partition coefficient (Wildman–Crippen LogP) is 4.63. The van der Waals surface area contributed by atoms with E-state index in [9.17, 15) is 9.59 Å². The minimum absolute atomic E-state index is 0.245. The molecule has 0 fully saturated rings. The maximum absolute atomic E-state index is 13.1. The first kappa shape index (κ1) is 18.1. The van der Waals surface area contributed by atoms with E-state index in [1.807, 2.05) is 55.5 Å². The van der Waals surface area contributed by atoms with Gasteiger partial charge in [-0.1, -0.05) is 45.8 Å². The fourth-order valence-electron chi connectivity index (χ4n) is 2.91. The largest absolute Gasteiger partial charge is 0.465 e. The Labute approximate surface area is 160 Å². The summed E-state index contributed by atoms with van der Waals surface area (Å²) in [5.74, 6) is -0.764. The molecule has 0 unspecified atom stereocenters. The second-order valence-corrected chi connectivity index (χ2v) is 6.95. The first-order chi connectivity index (χ1) is 12.4. The van der Waals surface area contributed by atoms with E-state index in [0.717, 1.165) is 15.6 Å². The van der Waals surface area contributed by atoms with Crippen LogP contribution >= 0.6 is 15.9 Å². The molecule has 1 amide bonds. The van der Waals surface area contributed by atoms with Crippen LogP contribution in [0.15, 0.2) is 69.8 Å². The summed E-state index contributed by atoms with van der Waals surface area (Å²) in [5, 5.41) is 0. The maximum atomic E-state index is 13.1. The third kappa shape index (κ3) is 3.35. The fraction of sp³-hybridized carbons (Fsp3) is 0.143. The third-order valence-electron chi connectivity index (χ3n) is 4.26. The molecule has 132 valence electrons. The van der Waals surface area contributed by atoms with Crippen LogP contribution < -0.4 is 4.90 Å². The molecule has 0 bridgehead atoms. The number of amides is 1. The molecular formula is C21H18BrNO3. The number of anilines is 1. The van der Waals surface area contributed by atoms with E-state index in [0.29, 0.717) is 22.5 Å². The van der Waals surface area contributed by atoms with Crippen molar-refractivity contribution in [1.82, 2.24) is 0 Å². The first-order valence-electron chi connectivity index (χ1n) is 8.10. The summed E-state index contributed by atoms with van der Waals surface area (Å²) in [7, 11) is 1.32. The van der Waals surface area contributed by atoms with Crippen molar-refractivity contribution in [2.24, 2.45) is 0 Å². The van der Waals surface area contributed by atoms with Crippen molar-refractivity contribution in [2.75, 3.05) is 12.0 Å². The zero-order valence-electron chi connectivity index (χ0n) is 14.7. The van der Waals surface area contributed by atoms with E-state index < -0.39 is 5.97 Å². The molecule has 0 saturated carbocycles. The van der Waals surface area contributed by atoms with E-state index in [2.05, 4.69) is 15.9 Å². The molecule has 1 aliphatic rings. The second-order valence-electron chi connectivity index (χ2n) is 6.04. The number of aryl methyl sites for hydroxylation is 1. The summed E-state index contributed by atoms with van der Waals surface area (Å²) >= 11 is 3.39. The number of hydrogen-bond donors (Lipinski definition) is 0. The van der Waals surface area contributed by atoms with Crippen molar-refractivity contribution in [3.05, 3.63) is 81.0 Å². The summed E-state index contributed by atoms with van der Waals surface area (Å²) in [6, 6.07) is 15.1. The minimum atomic E-state index is -0.520. The molecule has 0 spiro atoms. The minimum Gasteiger partial charge on any atom is -0.465 e. The number of hydrogen-bond acceptors (Lipinski definition) is 3. The molecule has 26 heavy (non-hydrogen) atoms. The number of carbonyl (C=O) groups is 2. The van der Waals surface area contributed by atoms with Crippen molar-refractivity contribution < 1.29 is 14.3 Å². The van der Waals surface area contributed by atoms with Crippen LogP contribution in [0.4, 0.5) is 5.69 Å². The van der Waals surface area contributed by atoms with E-state index >= 15 is 0 Å². The Morgan fingerprint density at radius 2 is 1.65 bits per heavy atom. The molecule has 1 aliphatic heterocycles. The first-order valence-corrected chi connectivity index (χ1v) is 8.89. The van der Waals surface area contributed by atoms with Crippen LogP contribution in [0.1, 0.15) is 18.1 Å². The molecule has 2 aromatic carbocycles. The molecule has 0 N–H and O–H groups in total. The van der Waals surface area contributed by atoms with Crippen LogP contribution in [0.3, 0.4) is 0 Å². The number of ether oxygens (including phenoxy) is 1. The van der Waals surface area contributed by atoms with E-state index in [-0.39, 0.29) is 5.91 Å². The predicted molar refractivity (Wildman–Crippen MR) is 106 cm³/mol. The average Bonchev–Trinajstić information content (AvgIpc) is 2.87. The van der Waals surface area contributed by atoms with E-state index in [1.165, 1.54) is 7.11 Å². The van der Waals surface area contributed by atoms with Gasteiger partial charge in [0.25, 0.3) is 5.91 Å². The van der Waals surface area contributed by atoms with Gasteiger partial charge in [0.1, 0.15) is 0 Å². The topological polar surface area (TPSA) is 46.6 Å². The van der Waals surface area contributed by atoms with Gasteiger partial charge in [0.05, 0.1) is 18.3 Å². The maximum Gasteiger partial charge on any atom is 0.340 e. The zero-order valence-corrected chi connectivity index (χ0v) is 16.3. The van der Waals surface area contributed by atoms with Crippen LogP contribution in [0.2, 0.25) is 0 Å². The smallest absolute Gasteiger partial charge is 0.340 e. The quantitative estimate of drug-likeness (QED) is 0.546. The Morgan fingerprint density at radius 1 is 1.04 bits per heavy atom. The van der Waals surface area contributed by atoms with Crippen molar-refractivity contribution in [2.45, 2.75) is 13.8 Å². The van der Waals surface area contributed by atoms with Gasteiger partial charge in [-0.05, 0) is 49.8 Å². The van der Waals surface area contributed by atoms with Gasteiger partial charge < -0.3 is 4.74 Å². The zero-order chi connectivity index (χ0) is 18.8. The van der Waals surface area contributed by atoms with E-state index in [4.69, 9.17) is 4.74 Å². The Bertz CT molecular complexity index is 925. The van der Waals surface area contributed by atoms with Crippen molar-refractivity contribution in [3.8, 4) is 0 Å². The molecule has 0 aliphatic carbocycles. The lowest BCUT2D eigenvalue weighted by Gasteiger charge is -2.18. The Kier molecular flexibility index (Phi) is 5.09. The lowest BCUT2D eigenvalue weighted by molar-refractivity contribution is -0.136. The van der Waals surface area contributed by atoms with Gasteiger partial charge in [-0.3, -0.25) is 9.69 Å². The molecule has 2 aromatic rings. The molecule has 5 heteroatoms. The highest BCUT2D eigenvalue weighted by Gasteiger charge is 2.37. The lowest BCUT2D eigenvalue weighted by Crippen LogP contribution is -2.24. The van der Waals surface area contributed by atoms with Crippen LogP contribution in [0, 0.1) is 6.92 Å². The van der Waals surface area contributed by atoms with Gasteiger partial charge in [0.15, 0.2) is 0 Å². The van der Waals surface area contributed by atoms with Gasteiger partial charge in [-0.15, -0.1) is 0 Å². The number of rotatable bonds is 3. The number of nitrogens with zero attached hydrogens (tertiary/aromatic N) is 1. The van der Waals surface area contributed by atoms with Crippen LogP contribution in [0.5, 0.6) is 0 Å². The highest BCUT2D eigenvalue weighted by molar-refractivity contribution is 9.10. The highest BCUT2D eigenvalue weighted by Crippen LogP contribution is 2.35. The molecule has 0 aromatic heterocycles. The number of halogens is 1. The average molecular weight is 412 g/mol. The van der Waals surface area contributed by atoms with Crippen LogP contribution in [-0.4, -0.2) is 19.0 Å². The summed E-state index contributed by atoms with van der Waals surface area (Å²) in [6.45, 7) is 3.75. The highest BCUT2D eigenvalue weighted by atomic mass is 79.9. The summed E-state index contributed by atoms with van der Waals surface area (Å²) in [4.78, 5) is 27.0. The summed E-state index contributed by atoms with van der Waals surface area (Å²) in [5.41, 5.74) is 3.86. The normalized spacial score (nSPS) is 15.8. The molecule has 0 radical (unpaired) electrons. The van der Waals surface area contributed by atoms with Gasteiger partial charge >= 0.3 is 5.97 Å². The van der Waals surface area contributed by atoms with E-state index in [1.54, 1.807) is 17.9 Å². The molecule has 0 saturated heterocycles. The van der Waals surface area contributed by atoms with Crippen molar-refractivity contribution in [3.63, 3.8) is 0 Å². The second kappa shape index (κ2) is 7.30. The summed E-state index contributed by atoms with van der Waals surface area (Å²) in [6.07, 6.45) is 1.73. The van der Waals surface area contributed by atoms with Crippen LogP contribution in [-0.2, 0) is 14.3 Å². The standard InChI is InChI=1S/C21H18BrNO3/c1-13-4-6-15(7-5-13)12-18-19(21(25)26-3)14(2)23(20(18)24)17-10-8-16(22)9-11-17/h4-12H,1-3H3/b18-12-. The SMILES string of the molecule is COC(=O)C1=C(C)N(c2ccc(Br)cc2)C(=O)/C1=C\c1ccc(C)cc1. The number of allylic oxidation sites excluding steroid dienone is 1. The molecule has 1 heterocycles. The monoisotopic (exact) mass is 411 g/mol. The van der Waals surface area contributed by atoms with Gasteiger partial charge in [-0.25, -0.2) is 4.79 Å². The Morgan fingerprint density at radius 3 is 2.23 bits per heavy atom. The lowest BCUT2D eigenvalue weighted by atomic mass is 10.0. The Hall–Kier alpha value is -2.66. The molecule has 3 rings (SSSR count). The summed E-state index contributed by atoms with van der Waals surface area (Å²) < 4.78 is 5.83. The van der Waals surface area contributed by atoms with Crippen molar-refractivity contribution in [1.29, 1.82) is 0 Å². The van der Waals surface area contributed by atoms with Gasteiger partial charge in [0, 0.05) is 15.9 Å². The molecular weight excluding hydrogens is 394 g/mol. The number of carbonyl (C=O) groups excluding carboxylic acids is 2. The van der Waals surface area contributed by atoms with Crippen molar-refractivity contribution >= 4 is 39.6 Å². The third-order valence-corrected chi connectivity index (χ3v) is 4.79. The van der Waals surface area contributed by atoms with Crippen LogP contribution in [0.25, 0.3) is 6.08 Å². The number of benzene rings is 2. The van der Waals surface area contributed by atoms with Gasteiger partial charge in [0.2, 0.25) is 0 Å². The molecule has 4 nitrogen and oxygen atoms in total. The number of esters is 1. The molecule has 0 atom stereocenters.